The van der Waals surface area contributed by atoms with Gasteiger partial charge in [-0.25, -0.2) is 9.59 Å². The molecule has 158 valence electrons. The number of primary amides is 1. The zero-order valence-corrected chi connectivity index (χ0v) is 17.3. The first-order chi connectivity index (χ1) is 13.3. The quantitative estimate of drug-likeness (QED) is 0.350. The standard InChI is InChI=1S/C22H35FN2O3/c1-15(2)28-20(26)19(23)7-5-3-4-6-8-25(21(24)27)22-12-16-9-17(13-22)11-18(10-16)14-22/h7,15-18H,3-6,8-14H2,1-2H3,(H2,24,27)/b19-7-. The van der Waals surface area contributed by atoms with Gasteiger partial charge in [0.25, 0.3) is 0 Å². The van der Waals surface area contributed by atoms with Crippen LogP contribution < -0.4 is 5.73 Å². The van der Waals surface area contributed by atoms with Gasteiger partial charge in [0.2, 0.25) is 5.83 Å². The first-order valence-electron chi connectivity index (χ1n) is 10.9. The summed E-state index contributed by atoms with van der Waals surface area (Å²) in [5.41, 5.74) is 5.78. The second-order valence-electron chi connectivity index (χ2n) is 9.49. The minimum absolute atomic E-state index is 0.00675. The third-order valence-corrected chi connectivity index (χ3v) is 6.79. The van der Waals surface area contributed by atoms with Crippen LogP contribution in [0.1, 0.15) is 78.1 Å². The van der Waals surface area contributed by atoms with Gasteiger partial charge in [0.1, 0.15) is 0 Å². The summed E-state index contributed by atoms with van der Waals surface area (Å²) in [6, 6.07) is -0.288. The van der Waals surface area contributed by atoms with E-state index >= 15 is 0 Å². The van der Waals surface area contributed by atoms with Crippen LogP contribution in [0, 0.1) is 17.8 Å². The van der Waals surface area contributed by atoms with E-state index in [0.717, 1.165) is 56.3 Å². The highest BCUT2D eigenvalue weighted by atomic mass is 19.1. The molecule has 5 nitrogen and oxygen atoms in total. The fraction of sp³-hybridized carbons (Fsp3) is 0.818. The molecule has 0 aromatic rings. The van der Waals surface area contributed by atoms with E-state index in [4.69, 9.17) is 10.5 Å². The molecule has 0 radical (unpaired) electrons. The molecule has 2 N–H and O–H groups in total. The maximum Gasteiger partial charge on any atom is 0.367 e. The van der Waals surface area contributed by atoms with E-state index in [9.17, 15) is 14.0 Å². The topological polar surface area (TPSA) is 72.6 Å². The van der Waals surface area contributed by atoms with Crippen molar-refractivity contribution in [1.29, 1.82) is 0 Å². The van der Waals surface area contributed by atoms with Crippen LogP contribution in [0.3, 0.4) is 0 Å². The lowest BCUT2D eigenvalue weighted by Gasteiger charge is -2.60. The van der Waals surface area contributed by atoms with Crippen molar-refractivity contribution in [1.82, 2.24) is 4.90 Å². The van der Waals surface area contributed by atoms with Crippen molar-refractivity contribution in [2.24, 2.45) is 23.5 Å². The van der Waals surface area contributed by atoms with Crippen molar-refractivity contribution in [2.75, 3.05) is 6.54 Å². The third kappa shape index (κ3) is 4.87. The van der Waals surface area contributed by atoms with Gasteiger partial charge in [0.15, 0.2) is 0 Å². The summed E-state index contributed by atoms with van der Waals surface area (Å²) in [6.07, 6.45) is 11.3. The molecule has 0 aliphatic heterocycles. The van der Waals surface area contributed by atoms with Gasteiger partial charge in [-0.1, -0.05) is 6.42 Å². The molecule has 4 saturated carbocycles. The van der Waals surface area contributed by atoms with Crippen LogP contribution >= 0.6 is 0 Å². The van der Waals surface area contributed by atoms with E-state index in [1.54, 1.807) is 13.8 Å². The van der Waals surface area contributed by atoms with E-state index in [-0.39, 0.29) is 17.7 Å². The number of allylic oxidation sites excluding steroid dienone is 1. The van der Waals surface area contributed by atoms with E-state index in [0.29, 0.717) is 13.0 Å². The molecule has 0 aromatic heterocycles. The van der Waals surface area contributed by atoms with Gasteiger partial charge in [-0.05, 0) is 95.5 Å². The van der Waals surface area contributed by atoms with Crippen LogP contribution in [0.4, 0.5) is 9.18 Å². The Labute approximate surface area is 167 Å². The number of nitrogens with zero attached hydrogens (tertiary/aromatic N) is 1. The molecule has 4 aliphatic carbocycles. The molecule has 0 unspecified atom stereocenters. The predicted molar refractivity (Wildman–Crippen MR) is 106 cm³/mol. The monoisotopic (exact) mass is 394 g/mol. The molecule has 4 rings (SSSR count). The normalized spacial score (nSPS) is 31.3. The summed E-state index contributed by atoms with van der Waals surface area (Å²) in [4.78, 5) is 25.6. The van der Waals surface area contributed by atoms with Gasteiger partial charge in [-0.15, -0.1) is 0 Å². The van der Waals surface area contributed by atoms with Gasteiger partial charge in [0.05, 0.1) is 6.10 Å². The Balaban J connectivity index is 1.44. The Kier molecular flexibility index (Phi) is 6.66. The number of halogens is 1. The Hall–Kier alpha value is -1.59. The molecular weight excluding hydrogens is 359 g/mol. The van der Waals surface area contributed by atoms with Crippen molar-refractivity contribution in [2.45, 2.75) is 89.7 Å². The number of urea groups is 1. The Morgan fingerprint density at radius 2 is 1.68 bits per heavy atom. The first kappa shape index (κ1) is 21.1. The summed E-state index contributed by atoms with van der Waals surface area (Å²) in [6.45, 7) is 4.07. The third-order valence-electron chi connectivity index (χ3n) is 6.79. The van der Waals surface area contributed by atoms with Gasteiger partial charge in [0, 0.05) is 12.1 Å². The SMILES string of the molecule is CC(C)OC(=O)/C(F)=C/CCCCCN(C(N)=O)C12CC3CC(CC(C3)C1)C2. The Morgan fingerprint density at radius 1 is 1.11 bits per heavy atom. The summed E-state index contributed by atoms with van der Waals surface area (Å²) < 4.78 is 18.5. The number of ether oxygens (including phenoxy) is 1. The van der Waals surface area contributed by atoms with Gasteiger partial charge in [-0.2, -0.15) is 4.39 Å². The Morgan fingerprint density at radius 3 is 2.18 bits per heavy atom. The molecule has 0 saturated heterocycles. The van der Waals surface area contributed by atoms with E-state index in [1.807, 2.05) is 4.90 Å². The maximum atomic E-state index is 13.6. The fourth-order valence-corrected chi connectivity index (χ4v) is 6.15. The summed E-state index contributed by atoms with van der Waals surface area (Å²) in [5.74, 6) is 0.600. The minimum Gasteiger partial charge on any atom is -0.458 e. The smallest absolute Gasteiger partial charge is 0.367 e. The number of esters is 1. The van der Waals surface area contributed by atoms with Gasteiger partial charge >= 0.3 is 12.0 Å². The van der Waals surface area contributed by atoms with E-state index in [1.165, 1.54) is 25.3 Å². The number of hydrogen-bond donors (Lipinski definition) is 1. The molecule has 4 fully saturated rings. The van der Waals surface area contributed by atoms with E-state index < -0.39 is 11.8 Å². The highest BCUT2D eigenvalue weighted by Crippen LogP contribution is 2.57. The molecule has 0 aromatic carbocycles. The molecule has 0 heterocycles. The number of hydrogen-bond acceptors (Lipinski definition) is 3. The van der Waals surface area contributed by atoms with Crippen LogP contribution in [0.2, 0.25) is 0 Å². The number of rotatable bonds is 9. The minimum atomic E-state index is -0.892. The number of unbranched alkanes of at least 4 members (excludes halogenated alkanes) is 3. The largest absolute Gasteiger partial charge is 0.458 e. The van der Waals surface area contributed by atoms with Gasteiger partial charge < -0.3 is 15.4 Å². The highest BCUT2D eigenvalue weighted by Gasteiger charge is 2.54. The zero-order valence-electron chi connectivity index (χ0n) is 17.3. The maximum absolute atomic E-state index is 13.6. The molecule has 4 aliphatic rings. The van der Waals surface area contributed by atoms with Gasteiger partial charge in [-0.3, -0.25) is 0 Å². The number of carbonyl (C=O) groups is 2. The van der Waals surface area contributed by atoms with Crippen molar-refractivity contribution in [3.63, 3.8) is 0 Å². The molecule has 2 amide bonds. The van der Waals surface area contributed by atoms with Crippen LogP contribution in [-0.4, -0.2) is 35.1 Å². The number of nitrogens with two attached hydrogens (primary N) is 1. The van der Waals surface area contributed by atoms with Crippen LogP contribution in [-0.2, 0) is 9.53 Å². The fourth-order valence-electron chi connectivity index (χ4n) is 6.15. The summed E-state index contributed by atoms with van der Waals surface area (Å²) in [7, 11) is 0. The Bertz CT molecular complexity index is 582. The average molecular weight is 395 g/mol. The molecular formula is C22H35FN2O3. The van der Waals surface area contributed by atoms with E-state index in [2.05, 4.69) is 0 Å². The number of carbonyl (C=O) groups excluding carboxylic acids is 2. The molecule has 0 atom stereocenters. The van der Waals surface area contributed by atoms with Crippen molar-refractivity contribution >= 4 is 12.0 Å². The zero-order chi connectivity index (χ0) is 20.3. The predicted octanol–water partition coefficient (Wildman–Crippen LogP) is 4.70. The van der Waals surface area contributed by atoms with Crippen LogP contribution in [0.25, 0.3) is 0 Å². The molecule has 4 bridgehead atoms. The lowest BCUT2D eigenvalue weighted by molar-refractivity contribution is -0.144. The van der Waals surface area contributed by atoms with Crippen LogP contribution in [0.5, 0.6) is 0 Å². The molecule has 0 spiro atoms. The lowest BCUT2D eigenvalue weighted by Crippen LogP contribution is -2.62. The first-order valence-corrected chi connectivity index (χ1v) is 10.9. The summed E-state index contributed by atoms with van der Waals surface area (Å²) in [5, 5.41) is 0. The second-order valence-corrected chi connectivity index (χ2v) is 9.49. The highest BCUT2D eigenvalue weighted by molar-refractivity contribution is 5.85. The lowest BCUT2D eigenvalue weighted by atomic mass is 9.52. The van der Waals surface area contributed by atoms with Crippen LogP contribution in [0.15, 0.2) is 11.9 Å². The average Bonchev–Trinajstić information content (AvgIpc) is 2.58. The molecule has 6 heteroatoms. The number of amides is 2. The van der Waals surface area contributed by atoms with Crippen molar-refractivity contribution in [3.8, 4) is 0 Å². The van der Waals surface area contributed by atoms with Crippen molar-refractivity contribution < 1.29 is 18.7 Å². The summed E-state index contributed by atoms with van der Waals surface area (Å²) >= 11 is 0. The second kappa shape index (κ2) is 8.83. The van der Waals surface area contributed by atoms with Crippen molar-refractivity contribution in [3.05, 3.63) is 11.9 Å². The molecule has 28 heavy (non-hydrogen) atoms.